The van der Waals surface area contributed by atoms with Crippen LogP contribution in [-0.4, -0.2) is 31.9 Å². The van der Waals surface area contributed by atoms with E-state index in [-0.39, 0.29) is 19.3 Å². The molecule has 5 heteroatoms. The Balaban J connectivity index is 2.05. The smallest absolute Gasteiger partial charge is 0.189 e. The lowest BCUT2D eigenvalue weighted by atomic mass is 10.1. The van der Waals surface area contributed by atoms with E-state index in [0.29, 0.717) is 24.7 Å². The van der Waals surface area contributed by atoms with Gasteiger partial charge >= 0.3 is 0 Å². The second-order valence-electron chi connectivity index (χ2n) is 4.55. The maximum Gasteiger partial charge on any atom is 0.189 e. The van der Waals surface area contributed by atoms with Crippen molar-refractivity contribution >= 4 is 0 Å². The maximum absolute atomic E-state index is 9.75. The SMILES string of the molecule is C=C(C)OCOCCCOCOc1ccc(CC)cc1O. The van der Waals surface area contributed by atoms with E-state index in [9.17, 15) is 5.11 Å². The third-order valence-electron chi connectivity index (χ3n) is 2.70. The Bertz CT molecular complexity index is 431. The zero-order valence-corrected chi connectivity index (χ0v) is 12.8. The number of phenolic OH excluding ortho intramolecular Hbond substituents is 1. The van der Waals surface area contributed by atoms with E-state index in [1.165, 1.54) is 0 Å². The molecule has 0 aromatic heterocycles. The summed E-state index contributed by atoms with van der Waals surface area (Å²) in [6, 6.07) is 5.37. The van der Waals surface area contributed by atoms with Gasteiger partial charge in [-0.05, 0) is 37.5 Å². The lowest BCUT2D eigenvalue weighted by Gasteiger charge is -2.10. The molecule has 21 heavy (non-hydrogen) atoms. The Morgan fingerprint density at radius 2 is 1.90 bits per heavy atom. The molecule has 0 unspecified atom stereocenters. The van der Waals surface area contributed by atoms with Crippen LogP contribution in [0.5, 0.6) is 11.5 Å². The van der Waals surface area contributed by atoms with E-state index in [1.807, 2.05) is 13.0 Å². The van der Waals surface area contributed by atoms with Crippen LogP contribution >= 0.6 is 0 Å². The third-order valence-corrected chi connectivity index (χ3v) is 2.70. The number of benzene rings is 1. The quantitative estimate of drug-likeness (QED) is 0.386. The number of phenols is 1. The van der Waals surface area contributed by atoms with Crippen LogP contribution in [0.25, 0.3) is 0 Å². The van der Waals surface area contributed by atoms with Crippen molar-refractivity contribution in [3.8, 4) is 11.5 Å². The molecule has 1 aromatic rings. The molecular weight excluding hydrogens is 272 g/mol. The van der Waals surface area contributed by atoms with Gasteiger partial charge in [0.05, 0.1) is 19.0 Å². The second kappa shape index (κ2) is 10.1. The van der Waals surface area contributed by atoms with Crippen molar-refractivity contribution in [1.29, 1.82) is 0 Å². The van der Waals surface area contributed by atoms with E-state index in [1.54, 1.807) is 19.1 Å². The standard InChI is InChI=1S/C16H24O5/c1-4-14-6-7-16(15(17)10-14)21-12-19-9-5-8-18-11-20-13(2)3/h6-7,10,17H,2,4-5,8-9,11-12H2,1,3H3. The molecule has 0 saturated heterocycles. The van der Waals surface area contributed by atoms with Gasteiger partial charge in [-0.15, -0.1) is 0 Å². The first kappa shape index (κ1) is 17.3. The molecular formula is C16H24O5. The van der Waals surface area contributed by atoms with Gasteiger partial charge in [-0.1, -0.05) is 19.6 Å². The summed E-state index contributed by atoms with van der Waals surface area (Å²) in [6.45, 7) is 8.77. The molecule has 0 amide bonds. The topological polar surface area (TPSA) is 57.2 Å². The Morgan fingerprint density at radius 1 is 1.19 bits per heavy atom. The van der Waals surface area contributed by atoms with Crippen LogP contribution in [0.1, 0.15) is 25.8 Å². The minimum absolute atomic E-state index is 0.0985. The average Bonchev–Trinajstić information content (AvgIpc) is 2.46. The highest BCUT2D eigenvalue weighted by atomic mass is 16.7. The van der Waals surface area contributed by atoms with Gasteiger partial charge in [0.2, 0.25) is 0 Å². The summed E-state index contributed by atoms with van der Waals surface area (Å²) >= 11 is 0. The first-order valence-corrected chi connectivity index (χ1v) is 7.02. The fourth-order valence-corrected chi connectivity index (χ4v) is 1.53. The first-order chi connectivity index (χ1) is 10.1. The maximum atomic E-state index is 9.75. The van der Waals surface area contributed by atoms with Gasteiger partial charge in [-0.2, -0.15) is 0 Å². The van der Waals surface area contributed by atoms with Crippen LogP contribution in [0.4, 0.5) is 0 Å². The molecule has 0 spiro atoms. The van der Waals surface area contributed by atoms with Crippen molar-refractivity contribution in [2.75, 3.05) is 26.8 Å². The number of aromatic hydroxyl groups is 1. The monoisotopic (exact) mass is 296 g/mol. The summed E-state index contributed by atoms with van der Waals surface area (Å²) in [5, 5.41) is 9.75. The normalized spacial score (nSPS) is 10.4. The van der Waals surface area contributed by atoms with Gasteiger partial charge in [0, 0.05) is 0 Å². The van der Waals surface area contributed by atoms with Gasteiger partial charge in [0.1, 0.15) is 0 Å². The van der Waals surface area contributed by atoms with E-state index >= 15 is 0 Å². The molecule has 1 N–H and O–H groups in total. The molecule has 1 rings (SSSR count). The average molecular weight is 296 g/mol. The fraction of sp³-hybridized carbons (Fsp3) is 0.500. The van der Waals surface area contributed by atoms with Crippen molar-refractivity contribution in [2.45, 2.75) is 26.7 Å². The van der Waals surface area contributed by atoms with E-state index in [4.69, 9.17) is 18.9 Å². The molecule has 0 saturated carbocycles. The van der Waals surface area contributed by atoms with Crippen LogP contribution in [0.3, 0.4) is 0 Å². The summed E-state index contributed by atoms with van der Waals surface area (Å²) in [5.41, 5.74) is 1.06. The summed E-state index contributed by atoms with van der Waals surface area (Å²) in [6.07, 6.45) is 1.61. The highest BCUT2D eigenvalue weighted by Crippen LogP contribution is 2.26. The van der Waals surface area contributed by atoms with Crippen molar-refractivity contribution < 1.29 is 24.1 Å². The van der Waals surface area contributed by atoms with Crippen LogP contribution in [0.2, 0.25) is 0 Å². The van der Waals surface area contributed by atoms with Gasteiger partial charge in [-0.25, -0.2) is 0 Å². The number of hydrogen-bond acceptors (Lipinski definition) is 5. The zero-order chi connectivity index (χ0) is 15.5. The Hall–Kier alpha value is -1.72. The van der Waals surface area contributed by atoms with Crippen molar-refractivity contribution in [2.24, 2.45) is 0 Å². The molecule has 0 aliphatic carbocycles. The molecule has 0 radical (unpaired) electrons. The van der Waals surface area contributed by atoms with Gasteiger partial charge in [-0.3, -0.25) is 0 Å². The number of ether oxygens (including phenoxy) is 4. The van der Waals surface area contributed by atoms with Gasteiger partial charge in [0.25, 0.3) is 0 Å². The van der Waals surface area contributed by atoms with E-state index in [0.717, 1.165) is 18.4 Å². The number of hydrogen-bond donors (Lipinski definition) is 1. The molecule has 5 nitrogen and oxygen atoms in total. The molecule has 118 valence electrons. The molecule has 0 fully saturated rings. The van der Waals surface area contributed by atoms with E-state index in [2.05, 4.69) is 6.58 Å². The first-order valence-electron chi connectivity index (χ1n) is 7.02. The number of aryl methyl sites for hydroxylation is 1. The predicted octanol–water partition coefficient (Wildman–Crippen LogP) is 3.22. The molecule has 0 atom stereocenters. The number of allylic oxidation sites excluding steroid dienone is 1. The summed E-state index contributed by atoms with van der Waals surface area (Å²) in [7, 11) is 0. The highest BCUT2D eigenvalue weighted by Gasteiger charge is 2.02. The van der Waals surface area contributed by atoms with Crippen molar-refractivity contribution in [1.82, 2.24) is 0 Å². The van der Waals surface area contributed by atoms with Gasteiger partial charge < -0.3 is 24.1 Å². The minimum atomic E-state index is 0.0985. The molecule has 0 heterocycles. The summed E-state index contributed by atoms with van der Waals surface area (Å²) in [5.74, 6) is 1.20. The second-order valence-corrected chi connectivity index (χ2v) is 4.55. The minimum Gasteiger partial charge on any atom is -0.504 e. The predicted molar refractivity (Wildman–Crippen MR) is 80.3 cm³/mol. The van der Waals surface area contributed by atoms with Crippen LogP contribution < -0.4 is 4.74 Å². The Labute approximate surface area is 126 Å². The Morgan fingerprint density at radius 3 is 2.52 bits per heavy atom. The fourth-order valence-electron chi connectivity index (χ4n) is 1.53. The number of rotatable bonds is 11. The summed E-state index contributed by atoms with van der Waals surface area (Å²) < 4.78 is 20.9. The Kier molecular flexibility index (Phi) is 8.31. The van der Waals surface area contributed by atoms with Gasteiger partial charge in [0.15, 0.2) is 25.1 Å². The van der Waals surface area contributed by atoms with Crippen molar-refractivity contribution in [3.05, 3.63) is 36.1 Å². The summed E-state index contributed by atoms with van der Waals surface area (Å²) in [4.78, 5) is 0. The van der Waals surface area contributed by atoms with Crippen molar-refractivity contribution in [3.63, 3.8) is 0 Å². The largest absolute Gasteiger partial charge is 0.504 e. The zero-order valence-electron chi connectivity index (χ0n) is 12.8. The highest BCUT2D eigenvalue weighted by molar-refractivity contribution is 5.41. The molecule has 0 aliphatic rings. The molecule has 0 bridgehead atoms. The lowest BCUT2D eigenvalue weighted by Crippen LogP contribution is -2.07. The van der Waals surface area contributed by atoms with Crippen LogP contribution in [0, 0.1) is 0 Å². The lowest BCUT2D eigenvalue weighted by molar-refractivity contribution is -0.0385. The molecule has 0 aliphatic heterocycles. The molecule has 1 aromatic carbocycles. The third kappa shape index (κ3) is 7.58. The van der Waals surface area contributed by atoms with Crippen LogP contribution in [0.15, 0.2) is 30.5 Å². The van der Waals surface area contributed by atoms with Crippen LogP contribution in [-0.2, 0) is 20.6 Å². The van der Waals surface area contributed by atoms with E-state index < -0.39 is 0 Å².